The Morgan fingerprint density at radius 3 is 2.67 bits per heavy atom. The van der Waals surface area contributed by atoms with Gasteiger partial charge in [0.25, 0.3) is 5.56 Å². The molecule has 1 unspecified atom stereocenters. The van der Waals surface area contributed by atoms with E-state index in [2.05, 4.69) is 10.0 Å². The van der Waals surface area contributed by atoms with Crippen LogP contribution in [-0.2, 0) is 24.1 Å². The third kappa shape index (κ3) is 3.42. The van der Waals surface area contributed by atoms with Crippen molar-refractivity contribution in [1.82, 2.24) is 19.2 Å². The van der Waals surface area contributed by atoms with Gasteiger partial charge < -0.3 is 9.88 Å². The molecule has 9 heteroatoms. The van der Waals surface area contributed by atoms with Gasteiger partial charge in [-0.2, -0.15) is 0 Å². The van der Waals surface area contributed by atoms with Crippen LogP contribution in [0.15, 0.2) is 20.7 Å². The van der Waals surface area contributed by atoms with Crippen LogP contribution in [-0.4, -0.2) is 36.7 Å². The molecule has 0 aliphatic carbocycles. The third-order valence-corrected chi connectivity index (χ3v) is 5.10. The van der Waals surface area contributed by atoms with Crippen LogP contribution in [0.2, 0.25) is 0 Å². The SMILES string of the molecule is Cn1cc(S(=O)(=O)NC2CCCNCC2)c(=O)n(C)c1=O. The topological polar surface area (TPSA) is 102 Å². The Hall–Kier alpha value is -1.45. The summed E-state index contributed by atoms with van der Waals surface area (Å²) >= 11 is 0. The molecule has 1 atom stereocenters. The van der Waals surface area contributed by atoms with Gasteiger partial charge in [0.05, 0.1) is 0 Å². The van der Waals surface area contributed by atoms with Gasteiger partial charge in [0, 0.05) is 26.3 Å². The van der Waals surface area contributed by atoms with Crippen LogP contribution in [0.1, 0.15) is 19.3 Å². The number of sulfonamides is 1. The zero-order chi connectivity index (χ0) is 15.6. The summed E-state index contributed by atoms with van der Waals surface area (Å²) < 4.78 is 29.2. The highest BCUT2D eigenvalue weighted by Gasteiger charge is 2.25. The van der Waals surface area contributed by atoms with E-state index < -0.39 is 26.2 Å². The van der Waals surface area contributed by atoms with Crippen molar-refractivity contribution in [2.45, 2.75) is 30.2 Å². The Balaban J connectivity index is 2.36. The van der Waals surface area contributed by atoms with Crippen molar-refractivity contribution in [3.8, 4) is 0 Å². The summed E-state index contributed by atoms with van der Waals surface area (Å²) in [5.41, 5.74) is -1.37. The summed E-state index contributed by atoms with van der Waals surface area (Å²) in [5.74, 6) is 0. The summed E-state index contributed by atoms with van der Waals surface area (Å²) in [4.78, 5) is 23.2. The third-order valence-electron chi connectivity index (χ3n) is 3.60. The quantitative estimate of drug-likeness (QED) is 0.707. The first-order valence-corrected chi connectivity index (χ1v) is 8.31. The molecule has 0 spiro atoms. The zero-order valence-electron chi connectivity index (χ0n) is 12.1. The first kappa shape index (κ1) is 15.9. The highest BCUT2D eigenvalue weighted by Crippen LogP contribution is 2.09. The Kier molecular flexibility index (Phi) is 4.64. The van der Waals surface area contributed by atoms with Gasteiger partial charge >= 0.3 is 5.69 Å². The molecule has 2 N–H and O–H groups in total. The number of aromatic nitrogens is 2. The number of aryl methyl sites for hydroxylation is 1. The number of nitrogens with one attached hydrogen (secondary N) is 2. The number of rotatable bonds is 3. The fourth-order valence-electron chi connectivity index (χ4n) is 2.38. The average Bonchev–Trinajstić information content (AvgIpc) is 2.68. The van der Waals surface area contributed by atoms with Crippen LogP contribution in [0.4, 0.5) is 0 Å². The van der Waals surface area contributed by atoms with Gasteiger partial charge in [-0.3, -0.25) is 9.36 Å². The van der Waals surface area contributed by atoms with Crippen LogP contribution in [0, 0.1) is 0 Å². The summed E-state index contributed by atoms with van der Waals surface area (Å²) in [6.45, 7) is 1.60. The van der Waals surface area contributed by atoms with Gasteiger partial charge in [-0.25, -0.2) is 17.9 Å². The fraction of sp³-hybridized carbons (Fsp3) is 0.667. The van der Waals surface area contributed by atoms with Gasteiger partial charge in [0.2, 0.25) is 10.0 Å². The lowest BCUT2D eigenvalue weighted by Crippen LogP contribution is -2.43. The number of nitrogens with zero attached hydrogens (tertiary/aromatic N) is 2. The molecule has 21 heavy (non-hydrogen) atoms. The lowest BCUT2D eigenvalue weighted by molar-refractivity contribution is 0.514. The lowest BCUT2D eigenvalue weighted by atomic mass is 10.1. The first-order valence-electron chi connectivity index (χ1n) is 6.82. The van der Waals surface area contributed by atoms with Crippen LogP contribution in [0.5, 0.6) is 0 Å². The first-order chi connectivity index (χ1) is 9.83. The minimum Gasteiger partial charge on any atom is -0.317 e. The Labute approximate surface area is 122 Å². The van der Waals surface area contributed by atoms with Gasteiger partial charge in [-0.1, -0.05) is 0 Å². The maximum atomic E-state index is 12.4. The van der Waals surface area contributed by atoms with E-state index >= 15 is 0 Å². The van der Waals surface area contributed by atoms with Crippen molar-refractivity contribution in [2.75, 3.05) is 13.1 Å². The maximum Gasteiger partial charge on any atom is 0.330 e. The highest BCUT2D eigenvalue weighted by atomic mass is 32.2. The summed E-state index contributed by atoms with van der Waals surface area (Å²) in [6.07, 6.45) is 3.34. The molecule has 1 aliphatic rings. The molecule has 1 aliphatic heterocycles. The fourth-order valence-corrected chi connectivity index (χ4v) is 3.84. The molecule has 118 valence electrons. The molecular weight excluding hydrogens is 296 g/mol. The van der Waals surface area contributed by atoms with Crippen LogP contribution >= 0.6 is 0 Å². The lowest BCUT2D eigenvalue weighted by Gasteiger charge is -2.16. The summed E-state index contributed by atoms with van der Waals surface area (Å²) in [7, 11) is -1.26. The molecule has 0 saturated carbocycles. The van der Waals surface area contributed by atoms with Crippen molar-refractivity contribution < 1.29 is 8.42 Å². The second-order valence-corrected chi connectivity index (χ2v) is 6.93. The zero-order valence-corrected chi connectivity index (χ0v) is 12.9. The standard InChI is InChI=1S/C12H20N4O4S/c1-15-8-10(11(17)16(2)12(15)18)21(19,20)14-9-4-3-6-13-7-5-9/h8-9,13-14H,3-7H2,1-2H3. The van der Waals surface area contributed by atoms with Gasteiger partial charge in [-0.05, 0) is 32.4 Å². The number of hydrogen-bond donors (Lipinski definition) is 2. The largest absolute Gasteiger partial charge is 0.330 e. The molecule has 0 amide bonds. The van der Waals surface area contributed by atoms with E-state index in [1.54, 1.807) is 0 Å². The molecule has 0 aromatic carbocycles. The van der Waals surface area contributed by atoms with Crippen molar-refractivity contribution >= 4 is 10.0 Å². The Morgan fingerprint density at radius 1 is 1.24 bits per heavy atom. The molecule has 1 aromatic rings. The van der Waals surface area contributed by atoms with Crippen LogP contribution in [0.25, 0.3) is 0 Å². The van der Waals surface area contributed by atoms with E-state index in [-0.39, 0.29) is 6.04 Å². The van der Waals surface area contributed by atoms with Crippen molar-refractivity contribution in [1.29, 1.82) is 0 Å². The van der Waals surface area contributed by atoms with Gasteiger partial charge in [0.15, 0.2) is 4.90 Å². The van der Waals surface area contributed by atoms with E-state index in [9.17, 15) is 18.0 Å². The smallest absolute Gasteiger partial charge is 0.317 e. The minimum atomic E-state index is -3.94. The highest BCUT2D eigenvalue weighted by molar-refractivity contribution is 7.89. The van der Waals surface area contributed by atoms with Crippen LogP contribution < -0.4 is 21.3 Å². The van der Waals surface area contributed by atoms with Crippen molar-refractivity contribution in [2.24, 2.45) is 14.1 Å². The molecule has 0 radical (unpaired) electrons. The predicted octanol–water partition coefficient (Wildman–Crippen LogP) is -1.50. The molecule has 2 heterocycles. The molecule has 8 nitrogen and oxygen atoms in total. The molecule has 2 rings (SSSR count). The molecule has 0 bridgehead atoms. The van der Waals surface area contributed by atoms with Crippen molar-refractivity contribution in [3.05, 3.63) is 27.0 Å². The second-order valence-electron chi connectivity index (χ2n) is 5.25. The Morgan fingerprint density at radius 2 is 1.95 bits per heavy atom. The van der Waals surface area contributed by atoms with Gasteiger partial charge in [-0.15, -0.1) is 0 Å². The molecule has 1 aromatic heterocycles. The molecule has 1 fully saturated rings. The molecular formula is C12H20N4O4S. The van der Waals surface area contributed by atoms with E-state index in [4.69, 9.17) is 0 Å². The predicted molar refractivity (Wildman–Crippen MR) is 77.8 cm³/mol. The summed E-state index contributed by atoms with van der Waals surface area (Å²) in [6, 6.07) is -0.202. The second kappa shape index (κ2) is 6.12. The van der Waals surface area contributed by atoms with E-state index in [1.165, 1.54) is 14.1 Å². The maximum absolute atomic E-state index is 12.4. The average molecular weight is 316 g/mol. The van der Waals surface area contributed by atoms with Gasteiger partial charge in [0.1, 0.15) is 0 Å². The summed E-state index contributed by atoms with van der Waals surface area (Å²) in [5, 5.41) is 3.19. The monoisotopic (exact) mass is 316 g/mol. The minimum absolute atomic E-state index is 0.202. The van der Waals surface area contributed by atoms with Crippen LogP contribution in [0.3, 0.4) is 0 Å². The van der Waals surface area contributed by atoms with E-state index in [0.717, 1.165) is 41.3 Å². The Bertz CT molecular complexity index is 727. The normalized spacial score (nSPS) is 20.2. The van der Waals surface area contributed by atoms with Crippen molar-refractivity contribution in [3.63, 3.8) is 0 Å². The van der Waals surface area contributed by atoms with E-state index in [0.29, 0.717) is 6.42 Å². The molecule has 1 saturated heterocycles. The number of hydrogen-bond acceptors (Lipinski definition) is 5. The van der Waals surface area contributed by atoms with E-state index in [1.807, 2.05) is 0 Å².